The van der Waals surface area contributed by atoms with Gasteiger partial charge in [0.2, 0.25) is 5.91 Å². The Morgan fingerprint density at radius 2 is 1.90 bits per heavy atom. The van der Waals surface area contributed by atoms with E-state index in [-0.39, 0.29) is 17.4 Å². The fourth-order valence-electron chi connectivity index (χ4n) is 3.01. The molecule has 1 fully saturated rings. The number of benzene rings is 2. The average Bonchev–Trinajstić information content (AvgIpc) is 3.58. The van der Waals surface area contributed by atoms with E-state index in [0.29, 0.717) is 27.5 Å². The van der Waals surface area contributed by atoms with Crippen molar-refractivity contribution < 1.29 is 14.3 Å². The predicted molar refractivity (Wildman–Crippen MR) is 115 cm³/mol. The van der Waals surface area contributed by atoms with Crippen LogP contribution in [0.3, 0.4) is 0 Å². The van der Waals surface area contributed by atoms with Gasteiger partial charge in [0.25, 0.3) is 5.56 Å². The minimum atomic E-state index is -0.628. The van der Waals surface area contributed by atoms with Crippen molar-refractivity contribution in [3.63, 3.8) is 0 Å². The SMILES string of the molecule is COc1ccc(NC(=O)NC(=O)CSc2nc3ccccc3c(=O)n2C2CC2)cc1. The summed E-state index contributed by atoms with van der Waals surface area (Å²) in [5.74, 6) is 0.155. The van der Waals surface area contributed by atoms with Gasteiger partial charge < -0.3 is 10.1 Å². The molecule has 1 saturated carbocycles. The summed E-state index contributed by atoms with van der Waals surface area (Å²) in [6, 6.07) is 13.4. The van der Waals surface area contributed by atoms with Crippen molar-refractivity contribution in [2.75, 3.05) is 18.2 Å². The summed E-state index contributed by atoms with van der Waals surface area (Å²) in [6.07, 6.45) is 1.84. The Labute approximate surface area is 176 Å². The summed E-state index contributed by atoms with van der Waals surface area (Å²) in [4.78, 5) is 41.7. The first-order chi connectivity index (χ1) is 14.5. The molecule has 9 heteroatoms. The number of thioether (sulfide) groups is 1. The molecule has 3 aromatic rings. The molecule has 2 aromatic carbocycles. The van der Waals surface area contributed by atoms with E-state index in [1.54, 1.807) is 48.1 Å². The van der Waals surface area contributed by atoms with E-state index in [2.05, 4.69) is 15.6 Å². The smallest absolute Gasteiger partial charge is 0.325 e. The molecule has 30 heavy (non-hydrogen) atoms. The molecule has 0 atom stereocenters. The Balaban J connectivity index is 1.41. The zero-order valence-electron chi connectivity index (χ0n) is 16.3. The second-order valence-electron chi connectivity index (χ2n) is 6.84. The van der Waals surface area contributed by atoms with Crippen molar-refractivity contribution in [3.05, 3.63) is 58.9 Å². The molecule has 0 spiro atoms. The number of nitrogens with one attached hydrogen (secondary N) is 2. The topological polar surface area (TPSA) is 102 Å². The largest absolute Gasteiger partial charge is 0.497 e. The lowest BCUT2D eigenvalue weighted by Crippen LogP contribution is -2.35. The molecule has 1 aliphatic carbocycles. The number of aromatic nitrogens is 2. The van der Waals surface area contributed by atoms with Crippen LogP contribution in [0.4, 0.5) is 10.5 Å². The van der Waals surface area contributed by atoms with Crippen LogP contribution in [-0.2, 0) is 4.79 Å². The molecule has 8 nitrogen and oxygen atoms in total. The molecule has 0 radical (unpaired) electrons. The molecule has 0 aliphatic heterocycles. The highest BCUT2D eigenvalue weighted by molar-refractivity contribution is 7.99. The summed E-state index contributed by atoms with van der Waals surface area (Å²) in [5, 5.41) is 5.94. The number of ether oxygens (including phenoxy) is 1. The van der Waals surface area contributed by atoms with Crippen LogP contribution in [-0.4, -0.2) is 34.4 Å². The molecule has 0 bridgehead atoms. The van der Waals surface area contributed by atoms with Crippen molar-refractivity contribution in [2.24, 2.45) is 0 Å². The number of hydrogen-bond donors (Lipinski definition) is 2. The molecule has 4 rings (SSSR count). The first-order valence-electron chi connectivity index (χ1n) is 9.44. The lowest BCUT2D eigenvalue weighted by Gasteiger charge is -2.12. The predicted octanol–water partition coefficient (Wildman–Crippen LogP) is 3.18. The number of urea groups is 1. The molecule has 3 amide bonds. The van der Waals surface area contributed by atoms with E-state index in [1.165, 1.54) is 0 Å². The zero-order chi connectivity index (χ0) is 21.1. The van der Waals surface area contributed by atoms with Gasteiger partial charge in [-0.3, -0.25) is 19.5 Å². The maximum atomic E-state index is 12.8. The standard InChI is InChI=1S/C21H20N4O4S/c1-29-15-10-6-13(7-11-15)22-20(28)24-18(26)12-30-21-23-17-5-3-2-4-16(17)19(27)25(21)14-8-9-14/h2-7,10-11,14H,8-9,12H2,1H3,(H2,22,24,26,28). The number of imide groups is 1. The number of carbonyl (C=O) groups excluding carboxylic acids is 2. The number of rotatable bonds is 6. The van der Waals surface area contributed by atoms with Gasteiger partial charge in [-0.15, -0.1) is 0 Å². The minimum absolute atomic E-state index is 0.0342. The van der Waals surface area contributed by atoms with Crippen LogP contribution in [0.25, 0.3) is 10.9 Å². The van der Waals surface area contributed by atoms with Crippen LogP contribution in [0.5, 0.6) is 5.75 Å². The van der Waals surface area contributed by atoms with E-state index >= 15 is 0 Å². The molecule has 1 heterocycles. The number of fused-ring (bicyclic) bond motifs is 1. The average molecular weight is 424 g/mol. The zero-order valence-corrected chi connectivity index (χ0v) is 17.1. The summed E-state index contributed by atoms with van der Waals surface area (Å²) < 4.78 is 6.73. The quantitative estimate of drug-likeness (QED) is 0.465. The normalized spacial score (nSPS) is 13.1. The van der Waals surface area contributed by atoms with E-state index < -0.39 is 11.9 Å². The first kappa shape index (κ1) is 20.0. The Morgan fingerprint density at radius 1 is 1.17 bits per heavy atom. The van der Waals surface area contributed by atoms with Gasteiger partial charge in [-0.25, -0.2) is 9.78 Å². The lowest BCUT2D eigenvalue weighted by molar-refractivity contribution is -0.117. The molecule has 1 aromatic heterocycles. The van der Waals surface area contributed by atoms with Crippen molar-refractivity contribution >= 4 is 40.3 Å². The number of methoxy groups -OCH3 is 1. The maximum absolute atomic E-state index is 12.8. The first-order valence-corrected chi connectivity index (χ1v) is 10.4. The van der Waals surface area contributed by atoms with Crippen LogP contribution < -0.4 is 20.9 Å². The summed E-state index contributed by atoms with van der Waals surface area (Å²) in [5.41, 5.74) is 1.04. The number of amides is 3. The van der Waals surface area contributed by atoms with Gasteiger partial charge in [-0.2, -0.15) is 0 Å². The van der Waals surface area contributed by atoms with Crippen molar-refractivity contribution in [2.45, 2.75) is 24.0 Å². The van der Waals surface area contributed by atoms with E-state index in [0.717, 1.165) is 24.6 Å². The van der Waals surface area contributed by atoms with E-state index in [1.807, 2.05) is 12.1 Å². The van der Waals surface area contributed by atoms with Crippen LogP contribution in [0.15, 0.2) is 58.5 Å². The van der Waals surface area contributed by atoms with Gasteiger partial charge in [0.05, 0.1) is 23.8 Å². The monoisotopic (exact) mass is 424 g/mol. The molecule has 0 unspecified atom stereocenters. The van der Waals surface area contributed by atoms with Crippen LogP contribution in [0, 0.1) is 0 Å². The van der Waals surface area contributed by atoms with Crippen molar-refractivity contribution in [1.29, 1.82) is 0 Å². The third-order valence-corrected chi connectivity index (χ3v) is 5.57. The lowest BCUT2D eigenvalue weighted by atomic mass is 10.2. The van der Waals surface area contributed by atoms with Crippen LogP contribution in [0.1, 0.15) is 18.9 Å². The summed E-state index contributed by atoms with van der Waals surface area (Å²) in [7, 11) is 1.55. The van der Waals surface area contributed by atoms with Gasteiger partial charge in [-0.05, 0) is 49.2 Å². The number of carbonyl (C=O) groups is 2. The summed E-state index contributed by atoms with van der Waals surface area (Å²) >= 11 is 1.15. The highest BCUT2D eigenvalue weighted by Crippen LogP contribution is 2.36. The van der Waals surface area contributed by atoms with Crippen LogP contribution in [0.2, 0.25) is 0 Å². The molecule has 0 saturated heterocycles. The number of anilines is 1. The van der Waals surface area contributed by atoms with Crippen LogP contribution >= 0.6 is 11.8 Å². The van der Waals surface area contributed by atoms with Gasteiger partial charge in [0.15, 0.2) is 5.16 Å². The fourth-order valence-corrected chi connectivity index (χ4v) is 3.88. The Hall–Kier alpha value is -3.33. The molecular formula is C21H20N4O4S. The van der Waals surface area contributed by atoms with Gasteiger partial charge >= 0.3 is 6.03 Å². The van der Waals surface area contributed by atoms with E-state index in [4.69, 9.17) is 4.74 Å². The molecular weight excluding hydrogens is 404 g/mol. The van der Waals surface area contributed by atoms with Gasteiger partial charge in [0, 0.05) is 11.7 Å². The third-order valence-electron chi connectivity index (χ3n) is 4.62. The van der Waals surface area contributed by atoms with Crippen molar-refractivity contribution in [1.82, 2.24) is 14.9 Å². The van der Waals surface area contributed by atoms with Crippen molar-refractivity contribution in [3.8, 4) is 5.75 Å². The van der Waals surface area contributed by atoms with Gasteiger partial charge in [0.1, 0.15) is 5.75 Å². The second kappa shape index (κ2) is 8.58. The molecule has 1 aliphatic rings. The molecule has 154 valence electrons. The maximum Gasteiger partial charge on any atom is 0.325 e. The second-order valence-corrected chi connectivity index (χ2v) is 7.78. The Kier molecular flexibility index (Phi) is 5.71. The number of nitrogens with zero attached hydrogens (tertiary/aromatic N) is 2. The van der Waals surface area contributed by atoms with E-state index in [9.17, 15) is 14.4 Å². The number of hydrogen-bond acceptors (Lipinski definition) is 6. The highest BCUT2D eigenvalue weighted by Gasteiger charge is 2.28. The molecule has 2 N–H and O–H groups in total. The highest BCUT2D eigenvalue weighted by atomic mass is 32.2. The fraction of sp³-hybridized carbons (Fsp3) is 0.238. The summed E-state index contributed by atoms with van der Waals surface area (Å²) in [6.45, 7) is 0. The minimum Gasteiger partial charge on any atom is -0.497 e. The number of para-hydroxylation sites is 1. The Morgan fingerprint density at radius 3 is 2.60 bits per heavy atom. The third kappa shape index (κ3) is 4.46. The van der Waals surface area contributed by atoms with Gasteiger partial charge in [-0.1, -0.05) is 23.9 Å². The Bertz CT molecular complexity index is 1160.